The first kappa shape index (κ1) is 19.0. The first-order chi connectivity index (χ1) is 9.70. The Balaban J connectivity index is 2.24. The van der Waals surface area contributed by atoms with Crippen molar-refractivity contribution in [1.82, 2.24) is 10.2 Å². The van der Waals surface area contributed by atoms with Crippen LogP contribution in [0.3, 0.4) is 0 Å². The molecule has 1 aliphatic carbocycles. The maximum absolute atomic E-state index is 3.75. The molecule has 1 saturated carbocycles. The third kappa shape index (κ3) is 7.15. The van der Waals surface area contributed by atoms with E-state index in [9.17, 15) is 0 Å². The molecule has 0 bridgehead atoms. The predicted molar refractivity (Wildman–Crippen MR) is 94.7 cm³/mol. The number of nitrogens with one attached hydrogen (secondary N) is 1. The summed E-state index contributed by atoms with van der Waals surface area (Å²) in [7, 11) is 4.42. The summed E-state index contributed by atoms with van der Waals surface area (Å²) in [5.41, 5.74) is 0.506. The molecule has 1 fully saturated rings. The quantitative estimate of drug-likeness (QED) is 0.749. The molecule has 1 N–H and O–H groups in total. The largest absolute Gasteiger partial charge is 0.315 e. The Morgan fingerprint density at radius 2 is 1.62 bits per heavy atom. The number of nitrogens with zero attached hydrogens (tertiary/aromatic N) is 1. The SMILES string of the molecule is CC(C)CC(CNCC1CCC(C(C)(C)C)CC1)N(C)C. The molecule has 2 heteroatoms. The molecule has 0 heterocycles. The van der Waals surface area contributed by atoms with Gasteiger partial charge in [0.2, 0.25) is 0 Å². The minimum atomic E-state index is 0.506. The van der Waals surface area contributed by atoms with Crippen LogP contribution in [0.5, 0.6) is 0 Å². The molecule has 1 atom stereocenters. The number of hydrogen-bond donors (Lipinski definition) is 1. The van der Waals surface area contributed by atoms with Crippen molar-refractivity contribution >= 4 is 0 Å². The summed E-state index contributed by atoms with van der Waals surface area (Å²) in [6.45, 7) is 14.2. The second kappa shape index (κ2) is 8.53. The van der Waals surface area contributed by atoms with Crippen molar-refractivity contribution in [3.05, 3.63) is 0 Å². The lowest BCUT2D eigenvalue weighted by molar-refractivity contribution is 0.147. The summed E-state index contributed by atoms with van der Waals surface area (Å²) in [5.74, 6) is 2.62. The summed E-state index contributed by atoms with van der Waals surface area (Å²) in [4.78, 5) is 2.38. The molecule has 21 heavy (non-hydrogen) atoms. The van der Waals surface area contributed by atoms with Gasteiger partial charge in [-0.1, -0.05) is 34.6 Å². The van der Waals surface area contributed by atoms with E-state index in [0.29, 0.717) is 11.5 Å². The molecule has 0 aromatic carbocycles. The molecule has 2 nitrogen and oxygen atoms in total. The average molecular weight is 297 g/mol. The van der Waals surface area contributed by atoms with Gasteiger partial charge in [-0.2, -0.15) is 0 Å². The van der Waals surface area contributed by atoms with E-state index in [-0.39, 0.29) is 0 Å². The second-order valence-electron chi connectivity index (χ2n) is 8.99. The highest BCUT2D eigenvalue weighted by atomic mass is 15.1. The van der Waals surface area contributed by atoms with Crippen LogP contribution in [0.4, 0.5) is 0 Å². The van der Waals surface area contributed by atoms with E-state index in [2.05, 4.69) is 58.9 Å². The Morgan fingerprint density at radius 3 is 2.05 bits per heavy atom. The summed E-state index contributed by atoms with van der Waals surface area (Å²) < 4.78 is 0. The first-order valence-electron chi connectivity index (χ1n) is 9.07. The van der Waals surface area contributed by atoms with E-state index in [0.717, 1.165) is 24.3 Å². The van der Waals surface area contributed by atoms with Gasteiger partial charge in [0.1, 0.15) is 0 Å². The van der Waals surface area contributed by atoms with Crippen LogP contribution in [0.2, 0.25) is 0 Å². The van der Waals surface area contributed by atoms with E-state index in [1.54, 1.807) is 0 Å². The van der Waals surface area contributed by atoms with E-state index in [1.807, 2.05) is 0 Å². The third-order valence-electron chi connectivity index (χ3n) is 5.36. The molecule has 0 saturated heterocycles. The van der Waals surface area contributed by atoms with Crippen molar-refractivity contribution in [3.8, 4) is 0 Å². The van der Waals surface area contributed by atoms with Gasteiger partial charge in [0.05, 0.1) is 0 Å². The van der Waals surface area contributed by atoms with Gasteiger partial charge in [-0.05, 0) is 75.9 Å². The van der Waals surface area contributed by atoms with Crippen LogP contribution in [0.15, 0.2) is 0 Å². The average Bonchev–Trinajstić information content (AvgIpc) is 2.36. The molecule has 0 aliphatic heterocycles. The van der Waals surface area contributed by atoms with Crippen LogP contribution >= 0.6 is 0 Å². The highest BCUT2D eigenvalue weighted by Crippen LogP contribution is 2.39. The van der Waals surface area contributed by atoms with Gasteiger partial charge < -0.3 is 10.2 Å². The molecule has 1 unspecified atom stereocenters. The maximum Gasteiger partial charge on any atom is 0.0216 e. The van der Waals surface area contributed by atoms with Gasteiger partial charge in [0.15, 0.2) is 0 Å². The van der Waals surface area contributed by atoms with Crippen molar-refractivity contribution in [2.24, 2.45) is 23.2 Å². The number of rotatable bonds is 7. The number of likely N-dealkylation sites (N-methyl/N-ethyl adjacent to an activating group) is 1. The Morgan fingerprint density at radius 1 is 1.05 bits per heavy atom. The maximum atomic E-state index is 3.75. The highest BCUT2D eigenvalue weighted by molar-refractivity contribution is 4.81. The summed E-state index contributed by atoms with van der Waals surface area (Å²) >= 11 is 0. The van der Waals surface area contributed by atoms with Crippen LogP contribution < -0.4 is 5.32 Å². The van der Waals surface area contributed by atoms with E-state index < -0.39 is 0 Å². The van der Waals surface area contributed by atoms with Crippen molar-refractivity contribution in [1.29, 1.82) is 0 Å². The molecular formula is C19H40N2. The van der Waals surface area contributed by atoms with Crippen LogP contribution in [0.1, 0.15) is 66.7 Å². The zero-order chi connectivity index (χ0) is 16.0. The second-order valence-corrected chi connectivity index (χ2v) is 8.99. The molecule has 1 rings (SSSR count). The summed E-state index contributed by atoms with van der Waals surface area (Å²) in [6.07, 6.45) is 6.99. The van der Waals surface area contributed by atoms with Crippen molar-refractivity contribution in [2.75, 3.05) is 27.2 Å². The Labute approximate surface area is 134 Å². The zero-order valence-electron chi connectivity index (χ0n) is 15.7. The fourth-order valence-corrected chi connectivity index (χ4v) is 3.71. The summed E-state index contributed by atoms with van der Waals surface area (Å²) in [6, 6.07) is 0.677. The minimum absolute atomic E-state index is 0.506. The Hall–Kier alpha value is -0.0800. The van der Waals surface area contributed by atoms with Gasteiger partial charge in [0, 0.05) is 12.6 Å². The van der Waals surface area contributed by atoms with Crippen LogP contribution in [-0.2, 0) is 0 Å². The standard InChI is InChI=1S/C19H40N2/c1-15(2)12-18(21(6)7)14-20-13-16-8-10-17(11-9-16)19(3,4)5/h15-18,20H,8-14H2,1-7H3. The first-order valence-corrected chi connectivity index (χ1v) is 9.07. The van der Waals surface area contributed by atoms with Gasteiger partial charge in [-0.3, -0.25) is 0 Å². The smallest absolute Gasteiger partial charge is 0.0216 e. The van der Waals surface area contributed by atoms with Crippen molar-refractivity contribution in [2.45, 2.75) is 72.8 Å². The lowest BCUT2D eigenvalue weighted by Gasteiger charge is -2.37. The van der Waals surface area contributed by atoms with E-state index >= 15 is 0 Å². The third-order valence-corrected chi connectivity index (χ3v) is 5.36. The Bertz CT molecular complexity index is 270. The number of hydrogen-bond acceptors (Lipinski definition) is 2. The topological polar surface area (TPSA) is 15.3 Å². The highest BCUT2D eigenvalue weighted by Gasteiger charge is 2.29. The molecule has 0 spiro atoms. The monoisotopic (exact) mass is 296 g/mol. The molecular weight excluding hydrogens is 256 g/mol. The fraction of sp³-hybridized carbons (Fsp3) is 1.00. The van der Waals surface area contributed by atoms with E-state index in [4.69, 9.17) is 0 Å². The molecule has 126 valence electrons. The predicted octanol–water partition coefficient (Wildman–Crippen LogP) is 4.40. The fourth-order valence-electron chi connectivity index (χ4n) is 3.71. The molecule has 0 amide bonds. The van der Waals surface area contributed by atoms with Crippen molar-refractivity contribution in [3.63, 3.8) is 0 Å². The van der Waals surface area contributed by atoms with Crippen LogP contribution in [0, 0.1) is 23.2 Å². The lowest BCUT2D eigenvalue weighted by atomic mass is 9.70. The minimum Gasteiger partial charge on any atom is -0.315 e. The van der Waals surface area contributed by atoms with Gasteiger partial charge in [-0.15, -0.1) is 0 Å². The van der Waals surface area contributed by atoms with E-state index in [1.165, 1.54) is 38.6 Å². The molecule has 0 aromatic rings. The Kier molecular flexibility index (Phi) is 7.70. The van der Waals surface area contributed by atoms with Crippen LogP contribution in [-0.4, -0.2) is 38.1 Å². The molecule has 0 aromatic heterocycles. The van der Waals surface area contributed by atoms with Gasteiger partial charge in [-0.25, -0.2) is 0 Å². The van der Waals surface area contributed by atoms with Gasteiger partial charge in [0.25, 0.3) is 0 Å². The molecule has 0 radical (unpaired) electrons. The van der Waals surface area contributed by atoms with Crippen LogP contribution in [0.25, 0.3) is 0 Å². The molecule has 1 aliphatic rings. The lowest BCUT2D eigenvalue weighted by Crippen LogP contribution is -2.40. The van der Waals surface area contributed by atoms with Gasteiger partial charge >= 0.3 is 0 Å². The summed E-state index contributed by atoms with van der Waals surface area (Å²) in [5, 5.41) is 3.75. The normalized spacial score (nSPS) is 25.6. The zero-order valence-corrected chi connectivity index (χ0v) is 15.7. The van der Waals surface area contributed by atoms with Crippen molar-refractivity contribution < 1.29 is 0 Å².